The first-order chi connectivity index (χ1) is 12.1. The van der Waals surface area contributed by atoms with E-state index in [0.717, 1.165) is 31.4 Å². The zero-order chi connectivity index (χ0) is 17.8. The lowest BCUT2D eigenvalue weighted by atomic mass is 9.92. The second-order valence-electron chi connectivity index (χ2n) is 6.14. The smallest absolute Gasteiger partial charge is 0.322 e. The molecule has 1 aliphatic carbocycles. The summed E-state index contributed by atoms with van der Waals surface area (Å²) >= 11 is 0. The minimum atomic E-state index is -0.591. The van der Waals surface area contributed by atoms with Gasteiger partial charge in [0.15, 0.2) is 0 Å². The van der Waals surface area contributed by atoms with Crippen molar-refractivity contribution in [2.24, 2.45) is 0 Å². The molecule has 25 heavy (non-hydrogen) atoms. The number of hydrogen-bond donors (Lipinski definition) is 2. The molecule has 1 heterocycles. The van der Waals surface area contributed by atoms with Crippen molar-refractivity contribution in [3.8, 4) is 5.75 Å². The summed E-state index contributed by atoms with van der Waals surface area (Å²) in [6.45, 7) is 1.52. The molecule has 1 fully saturated rings. The number of carbonyl (C=O) groups excluding carboxylic acids is 1. The molecule has 1 aromatic heterocycles. The molecule has 8 heteroatoms. The van der Waals surface area contributed by atoms with Crippen LogP contribution in [0.15, 0.2) is 30.3 Å². The first-order valence-corrected chi connectivity index (χ1v) is 8.28. The Morgan fingerprint density at radius 2 is 2.04 bits per heavy atom. The summed E-state index contributed by atoms with van der Waals surface area (Å²) in [6, 6.07) is 9.22. The van der Waals surface area contributed by atoms with Crippen LogP contribution < -0.4 is 10.1 Å². The quantitative estimate of drug-likeness (QED) is 0.640. The lowest BCUT2D eigenvalue weighted by molar-refractivity contribution is -0.385. The molecule has 2 aromatic rings. The van der Waals surface area contributed by atoms with E-state index in [0.29, 0.717) is 0 Å². The SMILES string of the molecule is Cc1[nH]nc(C(=O)NC2CCCCC2Oc2ccccc2)c1[N+](=O)[O-]. The number of aromatic amines is 1. The molecule has 2 N–H and O–H groups in total. The zero-order valence-electron chi connectivity index (χ0n) is 13.9. The second-order valence-corrected chi connectivity index (χ2v) is 6.14. The highest BCUT2D eigenvalue weighted by Crippen LogP contribution is 2.25. The van der Waals surface area contributed by atoms with Gasteiger partial charge in [0.2, 0.25) is 5.69 Å². The summed E-state index contributed by atoms with van der Waals surface area (Å²) in [4.78, 5) is 23.1. The highest BCUT2D eigenvalue weighted by molar-refractivity contribution is 5.96. The van der Waals surface area contributed by atoms with E-state index in [1.807, 2.05) is 30.3 Å². The van der Waals surface area contributed by atoms with Gasteiger partial charge < -0.3 is 10.1 Å². The third-order valence-corrected chi connectivity index (χ3v) is 4.36. The van der Waals surface area contributed by atoms with Gasteiger partial charge in [-0.2, -0.15) is 5.10 Å². The number of nitro groups is 1. The van der Waals surface area contributed by atoms with Gasteiger partial charge in [0.1, 0.15) is 17.5 Å². The van der Waals surface area contributed by atoms with Crippen molar-refractivity contribution < 1.29 is 14.5 Å². The minimum Gasteiger partial charge on any atom is -0.488 e. The summed E-state index contributed by atoms with van der Waals surface area (Å²) in [5.74, 6) is 0.194. The van der Waals surface area contributed by atoms with Gasteiger partial charge in [-0.3, -0.25) is 20.0 Å². The Hall–Kier alpha value is -2.90. The van der Waals surface area contributed by atoms with Crippen molar-refractivity contribution in [2.75, 3.05) is 0 Å². The monoisotopic (exact) mass is 344 g/mol. The molecule has 2 unspecified atom stereocenters. The average molecular weight is 344 g/mol. The molecule has 0 spiro atoms. The van der Waals surface area contributed by atoms with Gasteiger partial charge >= 0.3 is 5.69 Å². The van der Waals surface area contributed by atoms with Gasteiger partial charge in [-0.15, -0.1) is 0 Å². The second kappa shape index (κ2) is 7.33. The van der Waals surface area contributed by atoms with Crippen molar-refractivity contribution in [3.63, 3.8) is 0 Å². The number of benzene rings is 1. The fourth-order valence-corrected chi connectivity index (χ4v) is 3.12. The maximum absolute atomic E-state index is 12.5. The Labute approximate surface area is 144 Å². The molecule has 8 nitrogen and oxygen atoms in total. The lowest BCUT2D eigenvalue weighted by Gasteiger charge is -2.32. The van der Waals surface area contributed by atoms with Crippen LogP contribution >= 0.6 is 0 Å². The van der Waals surface area contributed by atoms with Crippen LogP contribution in [0.2, 0.25) is 0 Å². The van der Waals surface area contributed by atoms with E-state index in [1.54, 1.807) is 0 Å². The van der Waals surface area contributed by atoms with Crippen LogP contribution in [0.3, 0.4) is 0 Å². The van der Waals surface area contributed by atoms with Crippen molar-refractivity contribution in [2.45, 2.75) is 44.8 Å². The predicted molar refractivity (Wildman–Crippen MR) is 90.6 cm³/mol. The van der Waals surface area contributed by atoms with Crippen LogP contribution in [0.1, 0.15) is 41.9 Å². The van der Waals surface area contributed by atoms with E-state index < -0.39 is 10.8 Å². The Balaban J connectivity index is 1.73. The van der Waals surface area contributed by atoms with Gasteiger partial charge in [-0.05, 0) is 38.3 Å². The third-order valence-electron chi connectivity index (χ3n) is 4.36. The molecule has 2 atom stereocenters. The minimum absolute atomic E-state index is 0.167. The molecule has 132 valence electrons. The number of carbonyl (C=O) groups is 1. The lowest BCUT2D eigenvalue weighted by Crippen LogP contribution is -2.47. The summed E-state index contributed by atoms with van der Waals surface area (Å²) in [7, 11) is 0. The number of aryl methyl sites for hydroxylation is 1. The number of rotatable bonds is 5. The largest absolute Gasteiger partial charge is 0.488 e. The Kier molecular flexibility index (Phi) is 4.97. The van der Waals surface area contributed by atoms with E-state index in [9.17, 15) is 14.9 Å². The van der Waals surface area contributed by atoms with Crippen LogP contribution in [0, 0.1) is 17.0 Å². The predicted octanol–water partition coefficient (Wildman–Crippen LogP) is 2.75. The van der Waals surface area contributed by atoms with Gasteiger partial charge in [-0.25, -0.2) is 0 Å². The molecular weight excluding hydrogens is 324 g/mol. The first kappa shape index (κ1) is 16.9. The van der Waals surface area contributed by atoms with E-state index in [-0.39, 0.29) is 29.2 Å². The molecule has 3 rings (SSSR count). The Morgan fingerprint density at radius 1 is 1.32 bits per heavy atom. The van der Waals surface area contributed by atoms with Crippen LogP contribution in [-0.4, -0.2) is 33.2 Å². The van der Waals surface area contributed by atoms with Crippen molar-refractivity contribution in [1.29, 1.82) is 0 Å². The Morgan fingerprint density at radius 3 is 2.76 bits per heavy atom. The van der Waals surface area contributed by atoms with Gasteiger partial charge in [0.25, 0.3) is 5.91 Å². The third kappa shape index (κ3) is 3.78. The fourth-order valence-electron chi connectivity index (χ4n) is 3.12. The van der Waals surface area contributed by atoms with Gasteiger partial charge in [-0.1, -0.05) is 24.6 Å². The van der Waals surface area contributed by atoms with E-state index in [4.69, 9.17) is 4.74 Å². The number of H-pyrrole nitrogens is 1. The number of amides is 1. The van der Waals surface area contributed by atoms with Crippen molar-refractivity contribution >= 4 is 11.6 Å². The topological polar surface area (TPSA) is 110 Å². The number of nitrogens with one attached hydrogen (secondary N) is 2. The number of ether oxygens (including phenoxy) is 1. The maximum atomic E-state index is 12.5. The highest BCUT2D eigenvalue weighted by atomic mass is 16.6. The van der Waals surface area contributed by atoms with Crippen molar-refractivity contribution in [3.05, 3.63) is 51.8 Å². The molecule has 1 aromatic carbocycles. The average Bonchev–Trinajstić information content (AvgIpc) is 2.99. The summed E-state index contributed by atoms with van der Waals surface area (Å²) in [5.41, 5.74) is -0.212. The standard InChI is InChI=1S/C17H20N4O4/c1-11-16(21(23)24)15(20-19-11)17(22)18-13-9-5-6-10-14(13)25-12-7-3-2-4-8-12/h2-4,7-8,13-14H,5-6,9-10H2,1H3,(H,18,22)(H,19,20). The zero-order valence-corrected chi connectivity index (χ0v) is 13.9. The van der Waals surface area contributed by atoms with Gasteiger partial charge in [0.05, 0.1) is 11.0 Å². The number of para-hydroxylation sites is 1. The summed E-state index contributed by atoms with van der Waals surface area (Å²) < 4.78 is 6.01. The Bertz CT molecular complexity index is 759. The molecular formula is C17H20N4O4. The van der Waals surface area contributed by atoms with Crippen LogP contribution in [-0.2, 0) is 0 Å². The number of hydrogen-bond acceptors (Lipinski definition) is 5. The molecule has 1 amide bonds. The van der Waals surface area contributed by atoms with Crippen molar-refractivity contribution in [1.82, 2.24) is 15.5 Å². The molecule has 0 radical (unpaired) electrons. The summed E-state index contributed by atoms with van der Waals surface area (Å²) in [5, 5.41) is 20.3. The molecule has 0 bridgehead atoms. The summed E-state index contributed by atoms with van der Waals surface area (Å²) in [6.07, 6.45) is 3.41. The fraction of sp³-hybridized carbons (Fsp3) is 0.412. The maximum Gasteiger partial charge on any atom is 0.322 e. The van der Waals surface area contributed by atoms with E-state index in [2.05, 4.69) is 15.5 Å². The van der Waals surface area contributed by atoms with Gasteiger partial charge in [0, 0.05) is 0 Å². The molecule has 0 saturated heterocycles. The van der Waals surface area contributed by atoms with Crippen LogP contribution in [0.5, 0.6) is 5.75 Å². The first-order valence-electron chi connectivity index (χ1n) is 8.28. The molecule has 0 aliphatic heterocycles. The highest BCUT2D eigenvalue weighted by Gasteiger charge is 2.32. The molecule has 1 saturated carbocycles. The number of aromatic nitrogens is 2. The van der Waals surface area contributed by atoms with Crippen LogP contribution in [0.4, 0.5) is 5.69 Å². The van der Waals surface area contributed by atoms with E-state index in [1.165, 1.54) is 6.92 Å². The molecule has 1 aliphatic rings. The number of nitrogens with zero attached hydrogens (tertiary/aromatic N) is 2. The van der Waals surface area contributed by atoms with Crippen LogP contribution in [0.25, 0.3) is 0 Å². The van der Waals surface area contributed by atoms with E-state index >= 15 is 0 Å². The normalized spacial score (nSPS) is 20.0.